The highest BCUT2D eigenvalue weighted by atomic mass is 35.5. The molecule has 1 aromatic carbocycles. The summed E-state index contributed by atoms with van der Waals surface area (Å²) in [6, 6.07) is 3.16. The van der Waals surface area contributed by atoms with Gasteiger partial charge in [0.25, 0.3) is 0 Å². The van der Waals surface area contributed by atoms with Gasteiger partial charge >= 0.3 is 0 Å². The maximum Gasteiger partial charge on any atom is 0.243 e. The Morgan fingerprint density at radius 2 is 1.78 bits per heavy atom. The molecule has 18 heavy (non-hydrogen) atoms. The first kappa shape index (κ1) is 14.6. The number of benzene rings is 1. The molecule has 0 aromatic heterocycles. The molecule has 0 spiro atoms. The zero-order valence-corrected chi connectivity index (χ0v) is 11.6. The third-order valence-electron chi connectivity index (χ3n) is 2.31. The summed E-state index contributed by atoms with van der Waals surface area (Å²) in [6.45, 7) is 3.22. The van der Waals surface area contributed by atoms with Crippen molar-refractivity contribution in [3.05, 3.63) is 17.2 Å². The van der Waals surface area contributed by atoms with Crippen molar-refractivity contribution < 1.29 is 14.3 Å². The number of ether oxygens (including phenoxy) is 2. The minimum absolute atomic E-state index is 0.336. The Kier molecular flexibility index (Phi) is 4.43. The monoisotopic (exact) mass is 272 g/mol. The van der Waals surface area contributed by atoms with Crippen molar-refractivity contribution in [3.8, 4) is 11.5 Å². The van der Waals surface area contributed by atoms with Crippen molar-refractivity contribution in [2.45, 2.75) is 19.4 Å². The Morgan fingerprint density at radius 1 is 1.28 bits per heavy atom. The lowest BCUT2D eigenvalue weighted by Gasteiger charge is -2.19. The Labute approximate surface area is 111 Å². The van der Waals surface area contributed by atoms with Crippen LogP contribution in [0.5, 0.6) is 11.5 Å². The van der Waals surface area contributed by atoms with Gasteiger partial charge in [0.15, 0.2) is 11.5 Å². The standard InChI is InChI=1S/C12H17ClN2O3/c1-12(2,14)11(16)15-8-6-10(18-4)9(17-3)5-7(8)13/h5-6H,14H2,1-4H3,(H,15,16). The number of amides is 1. The van der Waals surface area contributed by atoms with Crippen molar-refractivity contribution in [1.82, 2.24) is 0 Å². The van der Waals surface area contributed by atoms with E-state index >= 15 is 0 Å². The Morgan fingerprint density at radius 3 is 2.22 bits per heavy atom. The average molecular weight is 273 g/mol. The first-order chi connectivity index (χ1) is 8.29. The summed E-state index contributed by atoms with van der Waals surface area (Å²) < 4.78 is 10.2. The van der Waals surface area contributed by atoms with Gasteiger partial charge in [-0.3, -0.25) is 4.79 Å². The van der Waals surface area contributed by atoms with Crippen LogP contribution in [0.4, 0.5) is 5.69 Å². The van der Waals surface area contributed by atoms with Gasteiger partial charge in [-0.25, -0.2) is 0 Å². The van der Waals surface area contributed by atoms with Gasteiger partial charge in [0, 0.05) is 12.1 Å². The first-order valence-electron chi connectivity index (χ1n) is 5.31. The Bertz CT molecular complexity index is 455. The summed E-state index contributed by atoms with van der Waals surface area (Å²) in [7, 11) is 3.01. The van der Waals surface area contributed by atoms with E-state index in [1.165, 1.54) is 14.2 Å². The third kappa shape index (κ3) is 3.27. The lowest BCUT2D eigenvalue weighted by molar-refractivity contribution is -0.120. The number of anilines is 1. The van der Waals surface area contributed by atoms with Gasteiger partial charge in [-0.2, -0.15) is 0 Å². The fourth-order valence-electron chi connectivity index (χ4n) is 1.23. The second-order valence-corrected chi connectivity index (χ2v) is 4.77. The molecule has 1 rings (SSSR count). The molecule has 0 saturated heterocycles. The van der Waals surface area contributed by atoms with Crippen molar-refractivity contribution in [1.29, 1.82) is 0 Å². The molecule has 0 aliphatic carbocycles. The lowest BCUT2D eigenvalue weighted by atomic mass is 10.1. The highest BCUT2D eigenvalue weighted by molar-refractivity contribution is 6.34. The minimum Gasteiger partial charge on any atom is -0.493 e. The topological polar surface area (TPSA) is 73.6 Å². The molecule has 3 N–H and O–H groups in total. The number of halogens is 1. The van der Waals surface area contributed by atoms with E-state index in [2.05, 4.69) is 5.32 Å². The summed E-state index contributed by atoms with van der Waals surface area (Å²) in [5.41, 5.74) is 5.13. The van der Waals surface area contributed by atoms with Crippen LogP contribution in [0.3, 0.4) is 0 Å². The van der Waals surface area contributed by atoms with Crippen molar-refractivity contribution >= 4 is 23.2 Å². The maximum absolute atomic E-state index is 11.8. The van der Waals surface area contributed by atoms with E-state index in [4.69, 9.17) is 26.8 Å². The van der Waals surface area contributed by atoms with Crippen LogP contribution < -0.4 is 20.5 Å². The van der Waals surface area contributed by atoms with E-state index in [0.717, 1.165) is 0 Å². The largest absolute Gasteiger partial charge is 0.493 e. The van der Waals surface area contributed by atoms with Crippen molar-refractivity contribution in [2.24, 2.45) is 5.73 Å². The molecule has 0 fully saturated rings. The number of nitrogens with two attached hydrogens (primary N) is 1. The van der Waals surface area contributed by atoms with Crippen LogP contribution in [-0.2, 0) is 4.79 Å². The molecule has 6 heteroatoms. The summed E-state index contributed by atoms with van der Waals surface area (Å²) in [5.74, 6) is 0.635. The van der Waals surface area contributed by atoms with E-state index in [9.17, 15) is 4.79 Å². The molecule has 0 saturated carbocycles. The highest BCUT2D eigenvalue weighted by Gasteiger charge is 2.23. The molecule has 0 atom stereocenters. The van der Waals surface area contributed by atoms with Gasteiger partial charge in [-0.05, 0) is 13.8 Å². The van der Waals surface area contributed by atoms with Crippen LogP contribution in [0.15, 0.2) is 12.1 Å². The normalized spacial score (nSPS) is 11.0. The van der Waals surface area contributed by atoms with E-state index in [1.54, 1.807) is 26.0 Å². The number of carbonyl (C=O) groups is 1. The molecule has 0 aliphatic heterocycles. The van der Waals surface area contributed by atoms with Gasteiger partial charge < -0.3 is 20.5 Å². The molecule has 0 bridgehead atoms. The fraction of sp³-hybridized carbons (Fsp3) is 0.417. The fourth-order valence-corrected chi connectivity index (χ4v) is 1.43. The Hall–Kier alpha value is -1.46. The predicted octanol–water partition coefficient (Wildman–Crippen LogP) is 2.03. The van der Waals surface area contributed by atoms with Crippen LogP contribution in [0, 0.1) is 0 Å². The smallest absolute Gasteiger partial charge is 0.243 e. The van der Waals surface area contributed by atoms with Gasteiger partial charge in [0.05, 0.1) is 30.5 Å². The zero-order chi connectivity index (χ0) is 13.9. The number of carbonyl (C=O) groups excluding carboxylic acids is 1. The molecule has 1 amide bonds. The molecule has 100 valence electrons. The lowest BCUT2D eigenvalue weighted by Crippen LogP contribution is -2.45. The number of hydrogen-bond acceptors (Lipinski definition) is 4. The highest BCUT2D eigenvalue weighted by Crippen LogP contribution is 2.36. The number of methoxy groups -OCH3 is 2. The van der Waals surface area contributed by atoms with Crippen LogP contribution in [0.2, 0.25) is 5.02 Å². The van der Waals surface area contributed by atoms with Crippen molar-refractivity contribution in [2.75, 3.05) is 19.5 Å². The molecule has 0 aliphatic rings. The van der Waals surface area contributed by atoms with E-state index < -0.39 is 5.54 Å². The summed E-state index contributed by atoms with van der Waals surface area (Å²) in [6.07, 6.45) is 0. The Balaban J connectivity index is 3.07. The van der Waals surface area contributed by atoms with Gasteiger partial charge in [0.1, 0.15) is 0 Å². The van der Waals surface area contributed by atoms with Gasteiger partial charge in [-0.15, -0.1) is 0 Å². The zero-order valence-electron chi connectivity index (χ0n) is 10.8. The molecule has 0 heterocycles. The second-order valence-electron chi connectivity index (χ2n) is 4.36. The van der Waals surface area contributed by atoms with Gasteiger partial charge in [-0.1, -0.05) is 11.6 Å². The second kappa shape index (κ2) is 5.46. The van der Waals surface area contributed by atoms with Crippen LogP contribution in [0.25, 0.3) is 0 Å². The quantitative estimate of drug-likeness (QED) is 0.880. The molecular weight excluding hydrogens is 256 g/mol. The average Bonchev–Trinajstić information content (AvgIpc) is 2.29. The van der Waals surface area contributed by atoms with Crippen LogP contribution in [0.1, 0.15) is 13.8 Å². The predicted molar refractivity (Wildman–Crippen MR) is 71.5 cm³/mol. The molecular formula is C12H17ClN2O3. The number of nitrogens with one attached hydrogen (secondary N) is 1. The summed E-state index contributed by atoms with van der Waals surface area (Å²) in [5, 5.41) is 3.00. The number of rotatable bonds is 4. The van der Waals surface area contributed by atoms with Crippen LogP contribution >= 0.6 is 11.6 Å². The van der Waals surface area contributed by atoms with Crippen LogP contribution in [-0.4, -0.2) is 25.7 Å². The summed E-state index contributed by atoms with van der Waals surface area (Å²) >= 11 is 6.04. The minimum atomic E-state index is -0.990. The number of hydrogen-bond donors (Lipinski definition) is 2. The summed E-state index contributed by atoms with van der Waals surface area (Å²) in [4.78, 5) is 11.8. The SMILES string of the molecule is COc1cc(Cl)c(NC(=O)C(C)(C)N)cc1OC. The van der Waals surface area contributed by atoms with Gasteiger partial charge in [0.2, 0.25) is 5.91 Å². The van der Waals surface area contributed by atoms with Crippen molar-refractivity contribution in [3.63, 3.8) is 0 Å². The van der Waals surface area contributed by atoms with E-state index in [1.807, 2.05) is 0 Å². The van der Waals surface area contributed by atoms with E-state index in [0.29, 0.717) is 22.2 Å². The third-order valence-corrected chi connectivity index (χ3v) is 2.62. The van der Waals surface area contributed by atoms with E-state index in [-0.39, 0.29) is 5.91 Å². The first-order valence-corrected chi connectivity index (χ1v) is 5.69. The molecule has 5 nitrogen and oxygen atoms in total. The maximum atomic E-state index is 11.8. The molecule has 1 aromatic rings. The molecule has 0 radical (unpaired) electrons. The molecule has 0 unspecified atom stereocenters.